The Labute approximate surface area is 122 Å². The largest absolute Gasteiger partial charge is 0.481 e. The lowest BCUT2D eigenvalue weighted by atomic mass is 10.2. The van der Waals surface area contributed by atoms with Crippen LogP contribution in [-0.4, -0.2) is 23.0 Å². The smallest absolute Gasteiger partial charge is 0.251 e. The molecular weight excluding hydrogens is 278 g/mol. The van der Waals surface area contributed by atoms with Gasteiger partial charge in [-0.15, -0.1) is 0 Å². The summed E-state index contributed by atoms with van der Waals surface area (Å²) in [4.78, 5) is 20.2. The topological polar surface area (TPSA) is 64.1 Å². The number of aromatic nitrogens is 2. The van der Waals surface area contributed by atoms with Gasteiger partial charge < -0.3 is 10.1 Å². The van der Waals surface area contributed by atoms with Crippen molar-refractivity contribution in [1.82, 2.24) is 15.3 Å². The van der Waals surface area contributed by atoms with Crippen molar-refractivity contribution >= 4 is 17.5 Å². The maximum absolute atomic E-state index is 12.1. The zero-order valence-corrected chi connectivity index (χ0v) is 11.9. The molecule has 0 aliphatic heterocycles. The van der Waals surface area contributed by atoms with Crippen LogP contribution in [-0.2, 0) is 6.54 Å². The van der Waals surface area contributed by atoms with E-state index in [2.05, 4.69) is 15.3 Å². The molecule has 20 heavy (non-hydrogen) atoms. The molecule has 1 N–H and O–H groups in total. The molecule has 0 radical (unpaired) electrons. The minimum atomic E-state index is -0.219. The van der Waals surface area contributed by atoms with Gasteiger partial charge in [-0.1, -0.05) is 17.7 Å². The van der Waals surface area contributed by atoms with E-state index in [1.54, 1.807) is 32.4 Å². The number of hydrogen-bond acceptors (Lipinski definition) is 4. The van der Waals surface area contributed by atoms with Gasteiger partial charge in [-0.2, -0.15) is 0 Å². The SMILES string of the molecule is COc1ncccc1CNC(=O)c1cc(C)nc(Cl)c1. The minimum Gasteiger partial charge on any atom is -0.481 e. The van der Waals surface area contributed by atoms with Crippen LogP contribution in [0.2, 0.25) is 5.15 Å². The molecule has 0 spiro atoms. The zero-order chi connectivity index (χ0) is 14.5. The first-order valence-electron chi connectivity index (χ1n) is 6.00. The van der Waals surface area contributed by atoms with Gasteiger partial charge in [-0.05, 0) is 25.1 Å². The molecule has 0 aliphatic carbocycles. The number of pyridine rings is 2. The fourth-order valence-corrected chi connectivity index (χ4v) is 2.03. The van der Waals surface area contributed by atoms with Crippen LogP contribution in [0.25, 0.3) is 0 Å². The molecule has 0 bridgehead atoms. The Morgan fingerprint density at radius 1 is 1.45 bits per heavy atom. The Kier molecular flexibility index (Phi) is 4.53. The number of nitrogens with zero attached hydrogens (tertiary/aromatic N) is 2. The van der Waals surface area contributed by atoms with Gasteiger partial charge in [-0.3, -0.25) is 4.79 Å². The Morgan fingerprint density at radius 3 is 2.95 bits per heavy atom. The lowest BCUT2D eigenvalue weighted by molar-refractivity contribution is 0.0950. The van der Waals surface area contributed by atoms with Crippen molar-refractivity contribution in [3.05, 3.63) is 52.4 Å². The summed E-state index contributed by atoms with van der Waals surface area (Å²) in [7, 11) is 1.54. The van der Waals surface area contributed by atoms with Crippen molar-refractivity contribution in [2.75, 3.05) is 7.11 Å². The predicted molar refractivity (Wildman–Crippen MR) is 75.9 cm³/mol. The van der Waals surface area contributed by atoms with Crippen LogP contribution in [0.1, 0.15) is 21.6 Å². The van der Waals surface area contributed by atoms with Gasteiger partial charge in [0.05, 0.1) is 7.11 Å². The van der Waals surface area contributed by atoms with Gasteiger partial charge in [0.1, 0.15) is 5.15 Å². The molecule has 0 unspecified atom stereocenters. The molecule has 2 heterocycles. The minimum absolute atomic E-state index is 0.219. The van der Waals surface area contributed by atoms with E-state index in [9.17, 15) is 4.79 Å². The van der Waals surface area contributed by atoms with E-state index in [1.807, 2.05) is 6.07 Å². The molecule has 6 heteroatoms. The second kappa shape index (κ2) is 6.34. The summed E-state index contributed by atoms with van der Waals surface area (Å²) >= 11 is 5.84. The van der Waals surface area contributed by atoms with E-state index in [1.165, 1.54) is 6.07 Å². The van der Waals surface area contributed by atoms with Gasteiger partial charge >= 0.3 is 0 Å². The molecule has 104 valence electrons. The van der Waals surface area contributed by atoms with Crippen LogP contribution in [0.15, 0.2) is 30.5 Å². The Balaban J connectivity index is 2.08. The highest BCUT2D eigenvalue weighted by molar-refractivity contribution is 6.29. The van der Waals surface area contributed by atoms with Gasteiger partial charge in [-0.25, -0.2) is 9.97 Å². The molecule has 2 aromatic heterocycles. The van der Waals surface area contributed by atoms with E-state index < -0.39 is 0 Å². The van der Waals surface area contributed by atoms with Gasteiger partial charge in [0, 0.05) is 29.6 Å². The van der Waals surface area contributed by atoms with Gasteiger partial charge in [0.2, 0.25) is 5.88 Å². The fraction of sp³-hybridized carbons (Fsp3) is 0.214. The van der Waals surface area contributed by atoms with Crippen molar-refractivity contribution in [2.45, 2.75) is 13.5 Å². The summed E-state index contributed by atoms with van der Waals surface area (Å²) in [6.45, 7) is 2.11. The summed E-state index contributed by atoms with van der Waals surface area (Å²) in [6, 6.07) is 6.85. The maximum Gasteiger partial charge on any atom is 0.251 e. The first-order valence-corrected chi connectivity index (χ1v) is 6.38. The lowest BCUT2D eigenvalue weighted by Gasteiger charge is -2.09. The maximum atomic E-state index is 12.1. The number of hydrogen-bond donors (Lipinski definition) is 1. The summed E-state index contributed by atoms with van der Waals surface area (Å²) < 4.78 is 5.13. The van der Waals surface area contributed by atoms with Crippen molar-refractivity contribution < 1.29 is 9.53 Å². The van der Waals surface area contributed by atoms with Crippen molar-refractivity contribution in [1.29, 1.82) is 0 Å². The summed E-state index contributed by atoms with van der Waals surface area (Å²) in [5.74, 6) is 0.278. The number of aryl methyl sites for hydroxylation is 1. The average molecular weight is 292 g/mol. The average Bonchev–Trinajstić information content (AvgIpc) is 2.44. The first-order chi connectivity index (χ1) is 9.60. The zero-order valence-electron chi connectivity index (χ0n) is 11.2. The second-order valence-electron chi connectivity index (χ2n) is 4.17. The summed E-state index contributed by atoms with van der Waals surface area (Å²) in [5.41, 5.74) is 1.98. The first kappa shape index (κ1) is 14.3. The number of rotatable bonds is 4. The number of ether oxygens (including phenoxy) is 1. The third-order valence-electron chi connectivity index (χ3n) is 2.67. The van der Waals surface area contributed by atoms with E-state index in [-0.39, 0.29) is 5.91 Å². The Hall–Kier alpha value is -2.14. The molecule has 0 aromatic carbocycles. The monoisotopic (exact) mass is 291 g/mol. The van der Waals surface area contributed by atoms with E-state index >= 15 is 0 Å². The van der Waals surface area contributed by atoms with Crippen LogP contribution in [0.3, 0.4) is 0 Å². The van der Waals surface area contributed by atoms with Crippen LogP contribution in [0.4, 0.5) is 0 Å². The van der Waals surface area contributed by atoms with Crippen LogP contribution >= 0.6 is 11.6 Å². The highest BCUT2D eigenvalue weighted by Crippen LogP contribution is 2.14. The standard InChI is InChI=1S/C14H14ClN3O2/c1-9-6-11(7-12(15)18-9)13(19)17-8-10-4-3-5-16-14(10)20-2/h3-7H,8H2,1-2H3,(H,17,19). The van der Waals surface area contributed by atoms with Crippen LogP contribution < -0.4 is 10.1 Å². The normalized spacial score (nSPS) is 10.2. The van der Waals surface area contributed by atoms with Crippen molar-refractivity contribution in [3.8, 4) is 5.88 Å². The lowest BCUT2D eigenvalue weighted by Crippen LogP contribution is -2.23. The molecule has 2 aromatic rings. The van der Waals surface area contributed by atoms with E-state index in [0.29, 0.717) is 28.8 Å². The number of halogens is 1. The molecule has 0 saturated carbocycles. The number of carbonyl (C=O) groups is 1. The molecule has 0 atom stereocenters. The fourth-order valence-electron chi connectivity index (χ4n) is 1.78. The van der Waals surface area contributed by atoms with Crippen molar-refractivity contribution in [3.63, 3.8) is 0 Å². The number of carbonyl (C=O) groups excluding carboxylic acids is 1. The van der Waals surface area contributed by atoms with Crippen molar-refractivity contribution in [2.24, 2.45) is 0 Å². The van der Waals surface area contributed by atoms with Gasteiger partial charge in [0.25, 0.3) is 5.91 Å². The highest BCUT2D eigenvalue weighted by Gasteiger charge is 2.09. The summed E-state index contributed by atoms with van der Waals surface area (Å²) in [6.07, 6.45) is 1.64. The predicted octanol–water partition coefficient (Wildman–Crippen LogP) is 2.38. The third kappa shape index (κ3) is 3.45. The van der Waals surface area contributed by atoms with E-state index in [4.69, 9.17) is 16.3 Å². The molecular formula is C14H14ClN3O2. The molecule has 2 rings (SSSR count). The Morgan fingerprint density at radius 2 is 2.25 bits per heavy atom. The number of methoxy groups -OCH3 is 1. The van der Waals surface area contributed by atoms with Crippen LogP contribution in [0, 0.1) is 6.92 Å². The number of nitrogens with one attached hydrogen (secondary N) is 1. The molecule has 5 nitrogen and oxygen atoms in total. The Bertz CT molecular complexity index is 611. The highest BCUT2D eigenvalue weighted by atomic mass is 35.5. The molecule has 0 fully saturated rings. The van der Waals surface area contributed by atoms with Gasteiger partial charge in [0.15, 0.2) is 0 Å². The molecule has 0 aliphatic rings. The third-order valence-corrected chi connectivity index (χ3v) is 2.86. The second-order valence-corrected chi connectivity index (χ2v) is 4.56. The van der Waals surface area contributed by atoms with Crippen LogP contribution in [0.5, 0.6) is 5.88 Å². The van der Waals surface area contributed by atoms with E-state index in [0.717, 1.165) is 5.56 Å². The molecule has 1 amide bonds. The number of amides is 1. The quantitative estimate of drug-likeness (QED) is 0.879. The molecule has 0 saturated heterocycles. The summed E-state index contributed by atoms with van der Waals surface area (Å²) in [5, 5.41) is 3.10.